The zero-order valence-corrected chi connectivity index (χ0v) is 17.3. The number of hydrogen-bond donors (Lipinski definition) is 4. The summed E-state index contributed by atoms with van der Waals surface area (Å²) in [5.74, 6) is 0.863. The van der Waals surface area contributed by atoms with Crippen molar-refractivity contribution in [1.29, 1.82) is 0 Å². The van der Waals surface area contributed by atoms with Gasteiger partial charge in [-0.1, -0.05) is 32.0 Å². The van der Waals surface area contributed by atoms with Crippen LogP contribution in [0.4, 0.5) is 5.69 Å². The molecular formula is C25H27N3O2. The number of pyridine rings is 1. The van der Waals surface area contributed by atoms with Gasteiger partial charge in [0.05, 0.1) is 11.7 Å². The number of phenolic OH excluding ortho intramolecular Hbond substituents is 2. The Morgan fingerprint density at radius 1 is 0.900 bits per heavy atom. The van der Waals surface area contributed by atoms with E-state index in [1.165, 1.54) is 5.70 Å². The fraction of sp³-hybridized carbons (Fsp3) is 0.240. The first-order valence-electron chi connectivity index (χ1n) is 10.3. The predicted molar refractivity (Wildman–Crippen MR) is 120 cm³/mol. The smallest absolute Gasteiger partial charge is 0.125 e. The van der Waals surface area contributed by atoms with E-state index in [4.69, 9.17) is 0 Å². The first-order valence-corrected chi connectivity index (χ1v) is 10.3. The summed E-state index contributed by atoms with van der Waals surface area (Å²) in [6.07, 6.45) is 3.67. The first kappa shape index (κ1) is 19.8. The van der Waals surface area contributed by atoms with E-state index < -0.39 is 0 Å². The highest BCUT2D eigenvalue weighted by Crippen LogP contribution is 2.35. The summed E-state index contributed by atoms with van der Waals surface area (Å²) < 4.78 is 0. The van der Waals surface area contributed by atoms with Crippen molar-refractivity contribution in [2.75, 3.05) is 5.32 Å². The maximum atomic E-state index is 10.3. The molecule has 0 saturated heterocycles. The van der Waals surface area contributed by atoms with Crippen LogP contribution in [0.5, 0.6) is 11.5 Å². The number of aromatic hydroxyl groups is 2. The van der Waals surface area contributed by atoms with Crippen LogP contribution in [0, 0.1) is 5.92 Å². The Morgan fingerprint density at radius 3 is 2.40 bits per heavy atom. The summed E-state index contributed by atoms with van der Waals surface area (Å²) in [4.78, 5) is 4.35. The van der Waals surface area contributed by atoms with E-state index in [1.807, 2.05) is 48.5 Å². The van der Waals surface area contributed by atoms with E-state index in [0.29, 0.717) is 11.5 Å². The Hall–Kier alpha value is -3.47. The number of anilines is 1. The van der Waals surface area contributed by atoms with Crippen LogP contribution in [-0.2, 0) is 0 Å². The van der Waals surface area contributed by atoms with E-state index in [9.17, 15) is 10.2 Å². The third-order valence-electron chi connectivity index (χ3n) is 5.45. The number of hydrogen-bond acceptors (Lipinski definition) is 5. The molecule has 1 aliphatic rings. The Balaban J connectivity index is 1.55. The van der Waals surface area contributed by atoms with Crippen molar-refractivity contribution in [3.05, 3.63) is 83.8 Å². The summed E-state index contributed by atoms with van der Waals surface area (Å²) in [5.41, 5.74) is 5.77. The van der Waals surface area contributed by atoms with E-state index in [1.54, 1.807) is 18.3 Å². The predicted octanol–water partition coefficient (Wildman–Crippen LogP) is 5.56. The third kappa shape index (κ3) is 4.25. The molecule has 4 N–H and O–H groups in total. The van der Waals surface area contributed by atoms with E-state index in [-0.39, 0.29) is 17.5 Å². The normalized spacial score (nSPS) is 14.4. The van der Waals surface area contributed by atoms with Gasteiger partial charge in [0.25, 0.3) is 0 Å². The number of benzene rings is 2. The van der Waals surface area contributed by atoms with Gasteiger partial charge >= 0.3 is 0 Å². The van der Waals surface area contributed by atoms with Crippen LogP contribution in [0.15, 0.2) is 78.3 Å². The van der Waals surface area contributed by atoms with Crippen LogP contribution < -0.4 is 10.6 Å². The second-order valence-electron chi connectivity index (χ2n) is 7.99. The highest BCUT2D eigenvalue weighted by Gasteiger charge is 2.24. The molecule has 0 bridgehead atoms. The van der Waals surface area contributed by atoms with Gasteiger partial charge in [-0.15, -0.1) is 0 Å². The lowest BCUT2D eigenvalue weighted by atomic mass is 9.92. The number of aromatic nitrogens is 1. The quantitative estimate of drug-likeness (QED) is 0.390. The summed E-state index contributed by atoms with van der Waals surface area (Å²) in [6.45, 7) is 4.35. The molecule has 0 amide bonds. The topological polar surface area (TPSA) is 77.4 Å². The molecule has 0 radical (unpaired) electrons. The lowest BCUT2D eigenvalue weighted by Crippen LogP contribution is -2.31. The van der Waals surface area contributed by atoms with Crippen LogP contribution >= 0.6 is 0 Å². The van der Waals surface area contributed by atoms with Crippen molar-refractivity contribution >= 4 is 5.69 Å². The Bertz CT molecular complexity index is 1060. The molecule has 0 spiro atoms. The van der Waals surface area contributed by atoms with Crippen molar-refractivity contribution < 1.29 is 10.2 Å². The molecule has 0 saturated carbocycles. The van der Waals surface area contributed by atoms with E-state index >= 15 is 0 Å². The van der Waals surface area contributed by atoms with Crippen LogP contribution in [0.1, 0.15) is 38.3 Å². The maximum Gasteiger partial charge on any atom is 0.125 e. The minimum absolute atomic E-state index is 0.119. The average molecular weight is 402 g/mol. The molecule has 0 fully saturated rings. The highest BCUT2D eigenvalue weighted by atomic mass is 16.3. The van der Waals surface area contributed by atoms with Crippen molar-refractivity contribution in [2.45, 2.75) is 32.7 Å². The lowest BCUT2D eigenvalue weighted by molar-refractivity contribution is 0.423. The second-order valence-corrected chi connectivity index (χ2v) is 7.99. The molecule has 0 unspecified atom stereocenters. The van der Waals surface area contributed by atoms with Crippen molar-refractivity contribution in [3.8, 4) is 22.8 Å². The minimum Gasteiger partial charge on any atom is -0.508 e. The highest BCUT2D eigenvalue weighted by molar-refractivity contribution is 5.72. The van der Waals surface area contributed by atoms with Crippen LogP contribution in [0.3, 0.4) is 0 Å². The van der Waals surface area contributed by atoms with Gasteiger partial charge in [-0.05, 0) is 66.8 Å². The van der Waals surface area contributed by atoms with Crippen molar-refractivity contribution in [3.63, 3.8) is 0 Å². The molecule has 1 atom stereocenters. The maximum absolute atomic E-state index is 10.3. The monoisotopic (exact) mass is 401 g/mol. The van der Waals surface area contributed by atoms with Gasteiger partial charge in [0, 0.05) is 28.8 Å². The Kier molecular flexibility index (Phi) is 5.61. The summed E-state index contributed by atoms with van der Waals surface area (Å²) in [6, 6.07) is 18.7. The molecule has 154 valence electrons. The molecule has 1 aromatic heterocycles. The molecule has 5 heteroatoms. The second kappa shape index (κ2) is 8.49. The molecule has 0 aliphatic heterocycles. The largest absolute Gasteiger partial charge is 0.508 e. The fourth-order valence-corrected chi connectivity index (χ4v) is 3.73. The number of allylic oxidation sites excluding steroid dienone is 2. The standard InChI is InChI=1S/C25H27N3O2/c1-16(2)25(17-6-5-7-19(29)14-17)28-23-11-10-22(23)27-18-9-12-24(30)20(15-18)21-8-3-4-13-26-21/h3-9,12-16,25,27-30H,10-11H2,1-2H3/t25-/m1/s1. The first-order chi connectivity index (χ1) is 14.5. The summed E-state index contributed by atoms with van der Waals surface area (Å²) in [7, 11) is 0. The SMILES string of the molecule is CC(C)[C@@H](NC1=C(Nc2ccc(O)c(-c3ccccn3)c2)CC1)c1cccc(O)c1. The van der Waals surface area contributed by atoms with Crippen LogP contribution in [-0.4, -0.2) is 15.2 Å². The van der Waals surface area contributed by atoms with E-state index in [0.717, 1.165) is 35.5 Å². The van der Waals surface area contributed by atoms with Crippen LogP contribution in [0.25, 0.3) is 11.3 Å². The van der Waals surface area contributed by atoms with Crippen LogP contribution in [0.2, 0.25) is 0 Å². The fourth-order valence-electron chi connectivity index (χ4n) is 3.73. The lowest BCUT2D eigenvalue weighted by Gasteiger charge is -2.32. The number of nitrogens with zero attached hydrogens (tertiary/aromatic N) is 1. The molecule has 2 aromatic carbocycles. The van der Waals surface area contributed by atoms with Gasteiger partial charge in [0.1, 0.15) is 11.5 Å². The Labute approximate surface area is 177 Å². The summed E-state index contributed by atoms with van der Waals surface area (Å²) >= 11 is 0. The summed E-state index contributed by atoms with van der Waals surface area (Å²) in [5, 5.41) is 27.3. The molecule has 5 nitrogen and oxygen atoms in total. The Morgan fingerprint density at radius 2 is 1.73 bits per heavy atom. The van der Waals surface area contributed by atoms with Gasteiger partial charge in [0.2, 0.25) is 0 Å². The van der Waals surface area contributed by atoms with Gasteiger partial charge in [0.15, 0.2) is 0 Å². The zero-order valence-electron chi connectivity index (χ0n) is 17.3. The van der Waals surface area contributed by atoms with Crippen molar-refractivity contribution in [2.24, 2.45) is 5.92 Å². The number of phenols is 2. The number of rotatable bonds is 7. The molecule has 1 heterocycles. The zero-order chi connectivity index (χ0) is 21.1. The van der Waals surface area contributed by atoms with Gasteiger partial charge in [-0.2, -0.15) is 0 Å². The minimum atomic E-state index is 0.119. The molecule has 4 rings (SSSR count). The van der Waals surface area contributed by atoms with Gasteiger partial charge in [-0.3, -0.25) is 4.98 Å². The number of nitrogens with one attached hydrogen (secondary N) is 2. The molecule has 3 aromatic rings. The van der Waals surface area contributed by atoms with E-state index in [2.05, 4.69) is 29.5 Å². The molecule has 30 heavy (non-hydrogen) atoms. The third-order valence-corrected chi connectivity index (χ3v) is 5.45. The molecular weight excluding hydrogens is 374 g/mol. The van der Waals surface area contributed by atoms with Crippen molar-refractivity contribution in [1.82, 2.24) is 10.3 Å². The van der Waals surface area contributed by atoms with Gasteiger partial charge < -0.3 is 20.8 Å². The van der Waals surface area contributed by atoms with Gasteiger partial charge in [-0.25, -0.2) is 0 Å². The average Bonchev–Trinajstić information content (AvgIpc) is 2.73. The molecule has 1 aliphatic carbocycles.